The van der Waals surface area contributed by atoms with Gasteiger partial charge in [-0.3, -0.25) is 8.78 Å². The highest BCUT2D eigenvalue weighted by Crippen LogP contribution is 2.52. The summed E-state index contributed by atoms with van der Waals surface area (Å²) < 4.78 is 101. The molecule has 0 aliphatic rings. The van der Waals surface area contributed by atoms with Gasteiger partial charge in [0.15, 0.2) is 0 Å². The molecule has 0 N–H and O–H groups in total. The van der Waals surface area contributed by atoms with E-state index >= 15 is 0 Å². The lowest BCUT2D eigenvalue weighted by atomic mass is 9.81. The number of alkyl halides is 8. The van der Waals surface area contributed by atoms with Crippen LogP contribution in [0, 0.1) is 5.41 Å². The first-order chi connectivity index (χ1) is 13.0. The Labute approximate surface area is 168 Å². The minimum atomic E-state index is -5.63. The summed E-state index contributed by atoms with van der Waals surface area (Å²) in [5, 5.41) is 0. The van der Waals surface area contributed by atoms with Crippen molar-refractivity contribution in [2.75, 3.05) is 13.3 Å². The molecule has 0 nitrogen and oxygen atoms in total. The first kappa shape index (κ1) is 29.9. The molecular weight excluding hydrogens is 404 g/mol. The van der Waals surface area contributed by atoms with Crippen molar-refractivity contribution in [3.63, 3.8) is 0 Å². The fourth-order valence-corrected chi connectivity index (χ4v) is 1.90. The number of benzene rings is 1. The van der Waals surface area contributed by atoms with Crippen LogP contribution >= 0.6 is 0 Å². The lowest BCUT2D eigenvalue weighted by Crippen LogP contribution is -2.55. The monoisotopic (exact) mass is 436 g/mol. The summed E-state index contributed by atoms with van der Waals surface area (Å²) in [7, 11) is 0. The average molecular weight is 436 g/mol. The SMILES string of the molecule is CC(C)(C)CF.CCC(c1ccccc1)C(F)(F)C(C)(F)C(F)(F)F.CCCF. The molecule has 0 amide bonds. The van der Waals surface area contributed by atoms with Gasteiger partial charge in [0, 0.05) is 0 Å². The predicted octanol–water partition coefficient (Wildman–Crippen LogP) is 8.47. The molecule has 0 bridgehead atoms. The molecule has 0 aromatic heterocycles. The van der Waals surface area contributed by atoms with Gasteiger partial charge in [-0.1, -0.05) is 65.0 Å². The molecule has 0 aliphatic carbocycles. The minimum Gasteiger partial charge on any atom is -0.251 e. The zero-order valence-corrected chi connectivity index (χ0v) is 17.8. The van der Waals surface area contributed by atoms with Crippen molar-refractivity contribution in [1.82, 2.24) is 0 Å². The molecule has 1 aromatic rings. The van der Waals surface area contributed by atoms with Crippen LogP contribution in [0.5, 0.6) is 0 Å². The second-order valence-corrected chi connectivity index (χ2v) is 7.88. The van der Waals surface area contributed by atoms with E-state index in [0.717, 1.165) is 0 Å². The van der Waals surface area contributed by atoms with Crippen LogP contribution in [0.2, 0.25) is 0 Å². The van der Waals surface area contributed by atoms with Crippen LogP contribution in [0.3, 0.4) is 0 Å². The van der Waals surface area contributed by atoms with Crippen molar-refractivity contribution in [3.8, 4) is 0 Å². The summed E-state index contributed by atoms with van der Waals surface area (Å²) in [6.45, 7) is 8.19. The van der Waals surface area contributed by atoms with Gasteiger partial charge in [0.05, 0.1) is 19.3 Å². The first-order valence-electron chi connectivity index (χ1n) is 9.33. The highest BCUT2D eigenvalue weighted by Gasteiger charge is 2.70. The quantitative estimate of drug-likeness (QED) is 0.406. The Morgan fingerprint density at radius 1 is 0.793 bits per heavy atom. The van der Waals surface area contributed by atoms with Gasteiger partial charge in [-0.2, -0.15) is 13.2 Å². The third-order valence-electron chi connectivity index (χ3n) is 3.80. The zero-order valence-electron chi connectivity index (χ0n) is 17.8. The van der Waals surface area contributed by atoms with Gasteiger partial charge in [-0.25, -0.2) is 13.2 Å². The van der Waals surface area contributed by atoms with E-state index < -0.39 is 23.7 Å². The summed E-state index contributed by atoms with van der Waals surface area (Å²) in [5.41, 5.74) is -4.71. The lowest BCUT2D eigenvalue weighted by molar-refractivity contribution is -0.301. The summed E-state index contributed by atoms with van der Waals surface area (Å²) >= 11 is 0. The topological polar surface area (TPSA) is 0 Å². The Hall–Kier alpha value is -1.34. The molecule has 0 spiro atoms. The minimum absolute atomic E-state index is 0.0110. The maximum Gasteiger partial charge on any atom is 0.428 e. The molecule has 0 saturated carbocycles. The maximum absolute atomic E-state index is 14.0. The largest absolute Gasteiger partial charge is 0.428 e. The fourth-order valence-electron chi connectivity index (χ4n) is 1.90. The van der Waals surface area contributed by atoms with Crippen molar-refractivity contribution in [2.24, 2.45) is 5.41 Å². The third-order valence-corrected chi connectivity index (χ3v) is 3.80. The molecule has 172 valence electrons. The fraction of sp³-hybridized carbons (Fsp3) is 0.714. The molecule has 2 atom stereocenters. The molecule has 1 aromatic carbocycles. The van der Waals surface area contributed by atoms with E-state index in [1.54, 1.807) is 13.0 Å². The Kier molecular flexibility index (Phi) is 12.7. The molecule has 1 rings (SSSR count). The van der Waals surface area contributed by atoms with E-state index in [9.17, 15) is 35.1 Å². The molecular formula is C21H32F8. The smallest absolute Gasteiger partial charge is 0.251 e. The first-order valence-corrected chi connectivity index (χ1v) is 9.33. The lowest BCUT2D eigenvalue weighted by Gasteiger charge is -2.37. The van der Waals surface area contributed by atoms with Gasteiger partial charge in [0.1, 0.15) is 0 Å². The average Bonchev–Trinajstić information content (AvgIpc) is 2.62. The van der Waals surface area contributed by atoms with Gasteiger partial charge >= 0.3 is 6.18 Å². The Morgan fingerprint density at radius 3 is 1.41 bits per heavy atom. The molecule has 0 heterocycles. The molecule has 29 heavy (non-hydrogen) atoms. The van der Waals surface area contributed by atoms with Crippen molar-refractivity contribution >= 4 is 0 Å². The normalized spacial score (nSPS) is 15.2. The van der Waals surface area contributed by atoms with E-state index in [4.69, 9.17) is 0 Å². The second kappa shape index (κ2) is 12.4. The van der Waals surface area contributed by atoms with Crippen LogP contribution in [0.15, 0.2) is 30.3 Å². The molecule has 0 fully saturated rings. The Morgan fingerprint density at radius 2 is 1.17 bits per heavy atom. The van der Waals surface area contributed by atoms with E-state index in [1.165, 1.54) is 31.2 Å². The van der Waals surface area contributed by atoms with E-state index in [2.05, 4.69) is 0 Å². The summed E-state index contributed by atoms with van der Waals surface area (Å²) in [4.78, 5) is 0. The van der Waals surface area contributed by atoms with Crippen LogP contribution in [-0.4, -0.2) is 31.1 Å². The molecule has 0 aliphatic heterocycles. The van der Waals surface area contributed by atoms with Crippen molar-refractivity contribution in [3.05, 3.63) is 35.9 Å². The van der Waals surface area contributed by atoms with Crippen molar-refractivity contribution in [1.29, 1.82) is 0 Å². The molecule has 0 radical (unpaired) electrons. The summed E-state index contributed by atoms with van der Waals surface area (Å²) in [5.74, 6) is -6.37. The van der Waals surface area contributed by atoms with Gasteiger partial charge in [0.25, 0.3) is 11.6 Å². The Bertz CT molecular complexity index is 528. The molecule has 0 saturated heterocycles. The third kappa shape index (κ3) is 9.81. The number of hydrogen-bond acceptors (Lipinski definition) is 0. The van der Waals surface area contributed by atoms with Crippen molar-refractivity contribution < 1.29 is 35.1 Å². The summed E-state index contributed by atoms with van der Waals surface area (Å²) in [6, 6.07) is 6.95. The van der Waals surface area contributed by atoms with E-state index in [0.29, 0.717) is 6.42 Å². The Balaban J connectivity index is 0. The van der Waals surface area contributed by atoms with Gasteiger partial charge < -0.3 is 0 Å². The second-order valence-electron chi connectivity index (χ2n) is 7.88. The highest BCUT2D eigenvalue weighted by atomic mass is 19.4. The zero-order chi connectivity index (χ0) is 23.5. The standard InChI is InChI=1S/C13H14F6.C5H11F.C3H7F/c1-3-10(9-7-5-4-6-8-9)12(15,16)11(2,14)13(17,18)19;1-5(2,3)4-6;1-2-3-4/h4-8,10H,3H2,1-2H3;4H2,1-3H3;2-3H2,1H3. The van der Waals surface area contributed by atoms with E-state index in [1.807, 2.05) is 20.8 Å². The maximum atomic E-state index is 14.0. The van der Waals surface area contributed by atoms with E-state index in [-0.39, 0.29) is 37.7 Å². The van der Waals surface area contributed by atoms with Crippen LogP contribution in [-0.2, 0) is 0 Å². The summed E-state index contributed by atoms with van der Waals surface area (Å²) in [6.07, 6.45) is -5.27. The predicted molar refractivity (Wildman–Crippen MR) is 102 cm³/mol. The van der Waals surface area contributed by atoms with Crippen molar-refractivity contribution in [2.45, 2.75) is 78.1 Å². The van der Waals surface area contributed by atoms with Crippen LogP contribution in [0.1, 0.15) is 65.9 Å². The van der Waals surface area contributed by atoms with Crippen LogP contribution in [0.25, 0.3) is 0 Å². The number of hydrogen-bond donors (Lipinski definition) is 0. The number of rotatable bonds is 5. The number of halogens is 8. The van der Waals surface area contributed by atoms with Gasteiger partial charge in [-0.15, -0.1) is 0 Å². The van der Waals surface area contributed by atoms with Crippen LogP contribution in [0.4, 0.5) is 35.1 Å². The highest BCUT2D eigenvalue weighted by molar-refractivity contribution is 5.24. The molecule has 8 heteroatoms. The van der Waals surface area contributed by atoms with Gasteiger partial charge in [-0.05, 0) is 30.7 Å². The van der Waals surface area contributed by atoms with Crippen LogP contribution < -0.4 is 0 Å². The van der Waals surface area contributed by atoms with Gasteiger partial charge in [0.2, 0.25) is 0 Å². The molecule has 2 unspecified atom stereocenters.